The Labute approximate surface area is 110 Å². The van der Waals surface area contributed by atoms with Gasteiger partial charge in [0, 0.05) is 16.7 Å². The molecule has 1 saturated heterocycles. The summed E-state index contributed by atoms with van der Waals surface area (Å²) >= 11 is 3.47. The van der Waals surface area contributed by atoms with Gasteiger partial charge in [-0.2, -0.15) is 0 Å². The average Bonchev–Trinajstić information content (AvgIpc) is 2.70. The zero-order chi connectivity index (χ0) is 12.4. The number of anilines is 1. The third kappa shape index (κ3) is 2.87. The van der Waals surface area contributed by atoms with Crippen molar-refractivity contribution in [2.24, 2.45) is 11.8 Å². The smallest absolute Gasteiger partial charge is 0.229 e. The number of aryl methyl sites for hydroxylation is 1. The van der Waals surface area contributed by atoms with E-state index in [0.717, 1.165) is 23.2 Å². The number of nitrogens with one attached hydrogen (secondary N) is 2. The molecule has 1 heterocycles. The highest BCUT2D eigenvalue weighted by Gasteiger charge is 2.29. The molecule has 0 aromatic heterocycles. The first-order valence-corrected chi connectivity index (χ1v) is 6.65. The highest BCUT2D eigenvalue weighted by Crippen LogP contribution is 2.22. The normalized spacial score (nSPS) is 23.7. The Hall–Kier alpha value is -0.870. The summed E-state index contributed by atoms with van der Waals surface area (Å²) < 4.78 is 1.02. The third-order valence-corrected chi connectivity index (χ3v) is 4.15. The van der Waals surface area contributed by atoms with Gasteiger partial charge in [-0.3, -0.25) is 4.79 Å². The first-order valence-electron chi connectivity index (χ1n) is 5.85. The minimum absolute atomic E-state index is 0.0788. The van der Waals surface area contributed by atoms with E-state index in [1.165, 1.54) is 5.56 Å². The van der Waals surface area contributed by atoms with Crippen LogP contribution in [-0.2, 0) is 4.79 Å². The number of hydrogen-bond donors (Lipinski definition) is 2. The van der Waals surface area contributed by atoms with Crippen molar-refractivity contribution in [3.05, 3.63) is 28.2 Å². The molecule has 2 atom stereocenters. The Balaban J connectivity index is 2.05. The van der Waals surface area contributed by atoms with Crippen molar-refractivity contribution in [3.8, 4) is 0 Å². The number of rotatable bonds is 2. The quantitative estimate of drug-likeness (QED) is 0.881. The van der Waals surface area contributed by atoms with Crippen LogP contribution in [0.4, 0.5) is 5.69 Å². The lowest BCUT2D eigenvalue weighted by Gasteiger charge is -2.14. The maximum Gasteiger partial charge on any atom is 0.229 e. The van der Waals surface area contributed by atoms with Gasteiger partial charge in [-0.15, -0.1) is 0 Å². The van der Waals surface area contributed by atoms with E-state index in [2.05, 4.69) is 33.5 Å². The van der Waals surface area contributed by atoms with Gasteiger partial charge in [0.2, 0.25) is 5.91 Å². The Morgan fingerprint density at radius 3 is 2.82 bits per heavy atom. The van der Waals surface area contributed by atoms with Crippen molar-refractivity contribution in [3.63, 3.8) is 0 Å². The van der Waals surface area contributed by atoms with Crippen LogP contribution in [0.25, 0.3) is 0 Å². The standard InChI is InChI=1S/C13H17BrN2O/c1-8-3-4-10(5-12(8)14)16-13(17)11-7-15-6-9(11)2/h3-5,9,11,15H,6-7H2,1-2H3,(H,16,17). The highest BCUT2D eigenvalue weighted by atomic mass is 79.9. The van der Waals surface area contributed by atoms with Crippen molar-refractivity contribution in [2.75, 3.05) is 18.4 Å². The van der Waals surface area contributed by atoms with Crippen molar-refractivity contribution >= 4 is 27.5 Å². The molecule has 3 nitrogen and oxygen atoms in total. The second kappa shape index (κ2) is 5.19. The number of hydrogen-bond acceptors (Lipinski definition) is 2. The van der Waals surface area contributed by atoms with Gasteiger partial charge < -0.3 is 10.6 Å². The minimum Gasteiger partial charge on any atom is -0.326 e. The topological polar surface area (TPSA) is 41.1 Å². The summed E-state index contributed by atoms with van der Waals surface area (Å²) in [5.41, 5.74) is 2.02. The van der Waals surface area contributed by atoms with E-state index in [1.54, 1.807) is 0 Å². The molecule has 1 aromatic rings. The molecule has 92 valence electrons. The van der Waals surface area contributed by atoms with Crippen LogP contribution in [0.2, 0.25) is 0 Å². The Bertz CT molecular complexity index is 433. The molecule has 1 fully saturated rings. The molecule has 17 heavy (non-hydrogen) atoms. The highest BCUT2D eigenvalue weighted by molar-refractivity contribution is 9.10. The molecule has 2 rings (SSSR count). The SMILES string of the molecule is Cc1ccc(NC(=O)C2CNCC2C)cc1Br. The number of carbonyl (C=O) groups is 1. The lowest BCUT2D eigenvalue weighted by atomic mass is 9.97. The molecule has 0 aliphatic carbocycles. The van der Waals surface area contributed by atoms with Crippen LogP contribution in [0.5, 0.6) is 0 Å². The Morgan fingerprint density at radius 1 is 1.47 bits per heavy atom. The number of amides is 1. The van der Waals surface area contributed by atoms with Gasteiger partial charge >= 0.3 is 0 Å². The summed E-state index contributed by atoms with van der Waals surface area (Å²) in [4.78, 5) is 12.1. The molecule has 1 amide bonds. The molecular formula is C13H17BrN2O. The maximum atomic E-state index is 12.1. The zero-order valence-corrected chi connectivity index (χ0v) is 11.7. The summed E-state index contributed by atoms with van der Waals surface area (Å²) in [6.07, 6.45) is 0. The Kier molecular flexibility index (Phi) is 3.84. The monoisotopic (exact) mass is 296 g/mol. The third-order valence-electron chi connectivity index (χ3n) is 3.29. The number of benzene rings is 1. The molecule has 0 saturated carbocycles. The number of halogens is 1. The second-order valence-electron chi connectivity index (χ2n) is 4.70. The Morgan fingerprint density at radius 2 is 2.24 bits per heavy atom. The first kappa shape index (κ1) is 12.6. The van der Waals surface area contributed by atoms with Gasteiger partial charge in [0.1, 0.15) is 0 Å². The van der Waals surface area contributed by atoms with Gasteiger partial charge in [0.05, 0.1) is 5.92 Å². The molecule has 1 aromatic carbocycles. The van der Waals surface area contributed by atoms with Crippen LogP contribution >= 0.6 is 15.9 Å². The van der Waals surface area contributed by atoms with E-state index in [-0.39, 0.29) is 11.8 Å². The van der Waals surface area contributed by atoms with E-state index in [4.69, 9.17) is 0 Å². The van der Waals surface area contributed by atoms with Gasteiger partial charge in [-0.1, -0.05) is 28.9 Å². The average molecular weight is 297 g/mol. The van der Waals surface area contributed by atoms with Crippen LogP contribution < -0.4 is 10.6 Å². The molecule has 0 radical (unpaired) electrons. The molecule has 4 heteroatoms. The van der Waals surface area contributed by atoms with Crippen molar-refractivity contribution in [1.29, 1.82) is 0 Å². The lowest BCUT2D eigenvalue weighted by Crippen LogP contribution is -2.27. The van der Waals surface area contributed by atoms with Crippen molar-refractivity contribution < 1.29 is 4.79 Å². The first-order chi connectivity index (χ1) is 8.08. The van der Waals surface area contributed by atoms with Crippen molar-refractivity contribution in [1.82, 2.24) is 5.32 Å². The lowest BCUT2D eigenvalue weighted by molar-refractivity contribution is -0.120. The minimum atomic E-state index is 0.0788. The van der Waals surface area contributed by atoms with Crippen LogP contribution in [0.3, 0.4) is 0 Å². The molecular weight excluding hydrogens is 280 g/mol. The van der Waals surface area contributed by atoms with Crippen LogP contribution in [-0.4, -0.2) is 19.0 Å². The van der Waals surface area contributed by atoms with Crippen LogP contribution in [0, 0.1) is 18.8 Å². The second-order valence-corrected chi connectivity index (χ2v) is 5.55. The van der Waals surface area contributed by atoms with E-state index in [1.807, 2.05) is 25.1 Å². The fraction of sp³-hybridized carbons (Fsp3) is 0.462. The molecule has 0 bridgehead atoms. The summed E-state index contributed by atoms with van der Waals surface area (Å²) in [6, 6.07) is 5.88. The van der Waals surface area contributed by atoms with E-state index in [9.17, 15) is 4.79 Å². The molecule has 2 unspecified atom stereocenters. The van der Waals surface area contributed by atoms with Crippen molar-refractivity contribution in [2.45, 2.75) is 13.8 Å². The fourth-order valence-corrected chi connectivity index (χ4v) is 2.45. The van der Waals surface area contributed by atoms with Gasteiger partial charge in [0.25, 0.3) is 0 Å². The van der Waals surface area contributed by atoms with E-state index < -0.39 is 0 Å². The molecule has 1 aliphatic heterocycles. The predicted molar refractivity (Wildman–Crippen MR) is 73.0 cm³/mol. The van der Waals surface area contributed by atoms with Gasteiger partial charge in [0.15, 0.2) is 0 Å². The number of carbonyl (C=O) groups excluding carboxylic acids is 1. The predicted octanol–water partition coefficient (Wildman–Crippen LogP) is 2.55. The summed E-state index contributed by atoms with van der Waals surface area (Å²) in [6.45, 7) is 5.84. The summed E-state index contributed by atoms with van der Waals surface area (Å²) in [7, 11) is 0. The fourth-order valence-electron chi connectivity index (χ4n) is 2.07. The van der Waals surface area contributed by atoms with Gasteiger partial charge in [-0.05, 0) is 37.1 Å². The van der Waals surface area contributed by atoms with E-state index in [0.29, 0.717) is 5.92 Å². The maximum absolute atomic E-state index is 12.1. The largest absolute Gasteiger partial charge is 0.326 e. The summed E-state index contributed by atoms with van der Waals surface area (Å²) in [5, 5.41) is 6.21. The summed E-state index contributed by atoms with van der Waals surface area (Å²) in [5.74, 6) is 0.595. The van der Waals surface area contributed by atoms with Crippen LogP contribution in [0.1, 0.15) is 12.5 Å². The van der Waals surface area contributed by atoms with E-state index >= 15 is 0 Å². The molecule has 1 aliphatic rings. The zero-order valence-electron chi connectivity index (χ0n) is 10.1. The molecule has 2 N–H and O–H groups in total. The van der Waals surface area contributed by atoms with Crippen LogP contribution in [0.15, 0.2) is 22.7 Å². The van der Waals surface area contributed by atoms with Gasteiger partial charge in [-0.25, -0.2) is 0 Å². The molecule has 0 spiro atoms.